The third-order valence-corrected chi connectivity index (χ3v) is 6.26. The molecule has 1 aliphatic rings. The lowest BCUT2D eigenvalue weighted by molar-refractivity contribution is -0.123. The van der Waals surface area contributed by atoms with E-state index in [0.717, 1.165) is 28.6 Å². The van der Waals surface area contributed by atoms with Gasteiger partial charge in [0.25, 0.3) is 11.1 Å². The molecule has 0 aliphatic carbocycles. The number of amides is 2. The molecule has 2 amide bonds. The van der Waals surface area contributed by atoms with Crippen molar-refractivity contribution in [3.8, 4) is 11.5 Å². The molecule has 0 radical (unpaired) electrons. The highest BCUT2D eigenvalue weighted by Crippen LogP contribution is 2.37. The Bertz CT molecular complexity index is 988. The van der Waals surface area contributed by atoms with Gasteiger partial charge < -0.3 is 9.47 Å². The van der Waals surface area contributed by atoms with Gasteiger partial charge in [0.05, 0.1) is 24.7 Å². The molecule has 3 rings (SSSR count). The highest BCUT2D eigenvalue weighted by molar-refractivity contribution is 8.18. The SMILES string of the molecule is CC[C@@H](C)Oc1ccc(/C=C2/SC(=O)N(Cc3c(Cl)cccc3Cl)C2=O)cc1OC. The standard InChI is InChI=1S/C22H21Cl2NO4S/c1-4-13(2)29-18-9-8-14(10-19(18)28-3)11-20-21(26)25(22(27)30-20)12-15-16(23)6-5-7-17(15)24/h5-11,13H,4,12H2,1-3H3/b20-11+/t13-/m1/s1. The predicted octanol–water partition coefficient (Wildman–Crippen LogP) is 6.42. The van der Waals surface area contributed by atoms with Crippen LogP contribution in [0.5, 0.6) is 11.5 Å². The molecule has 2 aromatic rings. The number of imide groups is 1. The van der Waals surface area contributed by atoms with Crippen molar-refractivity contribution in [3.05, 3.63) is 62.5 Å². The van der Waals surface area contributed by atoms with Gasteiger partial charge in [-0.2, -0.15) is 0 Å². The third-order valence-electron chi connectivity index (χ3n) is 4.64. The molecule has 0 aromatic heterocycles. The van der Waals surface area contributed by atoms with E-state index in [1.807, 2.05) is 19.9 Å². The normalized spacial score (nSPS) is 16.3. The molecule has 8 heteroatoms. The van der Waals surface area contributed by atoms with Crippen LogP contribution in [0.2, 0.25) is 10.0 Å². The van der Waals surface area contributed by atoms with E-state index in [9.17, 15) is 9.59 Å². The van der Waals surface area contributed by atoms with Gasteiger partial charge >= 0.3 is 0 Å². The summed E-state index contributed by atoms with van der Waals surface area (Å²) in [7, 11) is 1.56. The fourth-order valence-electron chi connectivity index (χ4n) is 2.80. The molecule has 1 atom stereocenters. The number of thioether (sulfide) groups is 1. The fraction of sp³-hybridized carbons (Fsp3) is 0.273. The van der Waals surface area contributed by atoms with Crippen LogP contribution in [0, 0.1) is 0 Å². The number of methoxy groups -OCH3 is 1. The molecule has 1 saturated heterocycles. The van der Waals surface area contributed by atoms with Crippen molar-refractivity contribution in [2.45, 2.75) is 32.9 Å². The van der Waals surface area contributed by atoms with Crippen LogP contribution in [0.15, 0.2) is 41.3 Å². The van der Waals surface area contributed by atoms with E-state index < -0.39 is 0 Å². The Hall–Kier alpha value is -2.15. The molecule has 30 heavy (non-hydrogen) atoms. The lowest BCUT2D eigenvalue weighted by Gasteiger charge is -2.16. The number of nitrogens with zero attached hydrogens (tertiary/aromatic N) is 1. The Labute approximate surface area is 189 Å². The van der Waals surface area contributed by atoms with Crippen molar-refractivity contribution in [2.24, 2.45) is 0 Å². The number of halogens is 2. The van der Waals surface area contributed by atoms with Gasteiger partial charge in [0.1, 0.15) is 0 Å². The molecule has 0 spiro atoms. The summed E-state index contributed by atoms with van der Waals surface area (Å²) in [5.41, 5.74) is 1.27. The summed E-state index contributed by atoms with van der Waals surface area (Å²) >= 11 is 13.2. The Morgan fingerprint density at radius 2 is 1.83 bits per heavy atom. The van der Waals surface area contributed by atoms with Crippen LogP contribution < -0.4 is 9.47 Å². The second-order valence-electron chi connectivity index (χ2n) is 6.72. The Kier molecular flexibility index (Phi) is 7.34. The molecule has 0 N–H and O–H groups in total. The zero-order valence-electron chi connectivity index (χ0n) is 16.8. The van der Waals surface area contributed by atoms with Crippen LogP contribution in [-0.4, -0.2) is 29.3 Å². The summed E-state index contributed by atoms with van der Waals surface area (Å²) < 4.78 is 11.3. The van der Waals surface area contributed by atoms with Gasteiger partial charge in [-0.1, -0.05) is 42.3 Å². The number of carbonyl (C=O) groups is 2. The third kappa shape index (κ3) is 4.94. The van der Waals surface area contributed by atoms with Crippen LogP contribution in [0.25, 0.3) is 6.08 Å². The number of ether oxygens (including phenoxy) is 2. The first kappa shape index (κ1) is 22.5. The molecule has 0 saturated carbocycles. The van der Waals surface area contributed by atoms with Crippen molar-refractivity contribution in [1.29, 1.82) is 0 Å². The summed E-state index contributed by atoms with van der Waals surface area (Å²) in [6, 6.07) is 10.4. The summed E-state index contributed by atoms with van der Waals surface area (Å²) in [5, 5.41) is 0.449. The second kappa shape index (κ2) is 9.77. The average molecular weight is 466 g/mol. The molecule has 1 aliphatic heterocycles. The fourth-order valence-corrected chi connectivity index (χ4v) is 4.16. The molecule has 1 fully saturated rings. The summed E-state index contributed by atoms with van der Waals surface area (Å²) in [6.07, 6.45) is 2.58. The predicted molar refractivity (Wildman–Crippen MR) is 121 cm³/mol. The summed E-state index contributed by atoms with van der Waals surface area (Å²) in [5.74, 6) is 0.802. The molecule has 158 valence electrons. The first-order chi connectivity index (χ1) is 14.3. The first-order valence-corrected chi connectivity index (χ1v) is 10.9. The Balaban J connectivity index is 1.83. The maximum atomic E-state index is 12.8. The van der Waals surface area contributed by atoms with Crippen molar-refractivity contribution in [3.63, 3.8) is 0 Å². The molecular weight excluding hydrogens is 445 g/mol. The van der Waals surface area contributed by atoms with E-state index >= 15 is 0 Å². The topological polar surface area (TPSA) is 55.8 Å². The zero-order chi connectivity index (χ0) is 21.8. The maximum Gasteiger partial charge on any atom is 0.293 e. The van der Waals surface area contributed by atoms with Gasteiger partial charge in [0.15, 0.2) is 11.5 Å². The van der Waals surface area contributed by atoms with Gasteiger partial charge in [0, 0.05) is 15.6 Å². The van der Waals surface area contributed by atoms with Gasteiger partial charge in [-0.15, -0.1) is 0 Å². The molecule has 5 nitrogen and oxygen atoms in total. The average Bonchev–Trinajstić information content (AvgIpc) is 2.98. The zero-order valence-corrected chi connectivity index (χ0v) is 19.1. The number of rotatable bonds is 7. The lowest BCUT2D eigenvalue weighted by atomic mass is 10.1. The maximum absolute atomic E-state index is 12.8. The minimum absolute atomic E-state index is 0.0194. The van der Waals surface area contributed by atoms with Crippen LogP contribution >= 0.6 is 35.0 Å². The van der Waals surface area contributed by atoms with Crippen LogP contribution in [0.4, 0.5) is 4.79 Å². The molecule has 0 bridgehead atoms. The highest BCUT2D eigenvalue weighted by atomic mass is 35.5. The van der Waals surface area contributed by atoms with E-state index in [4.69, 9.17) is 32.7 Å². The van der Waals surface area contributed by atoms with E-state index in [-0.39, 0.29) is 23.8 Å². The number of benzene rings is 2. The number of hydrogen-bond donors (Lipinski definition) is 0. The monoisotopic (exact) mass is 465 g/mol. The lowest BCUT2D eigenvalue weighted by Crippen LogP contribution is -2.27. The van der Waals surface area contributed by atoms with Gasteiger partial charge in [-0.3, -0.25) is 14.5 Å². The summed E-state index contributed by atoms with van der Waals surface area (Å²) in [6.45, 7) is 4.04. The summed E-state index contributed by atoms with van der Waals surface area (Å²) in [4.78, 5) is 26.7. The number of hydrogen-bond acceptors (Lipinski definition) is 5. The van der Waals surface area contributed by atoms with Crippen LogP contribution in [0.1, 0.15) is 31.4 Å². The largest absolute Gasteiger partial charge is 0.493 e. The molecule has 1 heterocycles. The van der Waals surface area contributed by atoms with Crippen LogP contribution in [-0.2, 0) is 11.3 Å². The molecule has 0 unspecified atom stereocenters. The van der Waals surface area contributed by atoms with Crippen molar-refractivity contribution in [2.75, 3.05) is 7.11 Å². The Morgan fingerprint density at radius 1 is 1.13 bits per heavy atom. The smallest absolute Gasteiger partial charge is 0.293 e. The van der Waals surface area contributed by atoms with Crippen LogP contribution in [0.3, 0.4) is 0 Å². The molecule has 2 aromatic carbocycles. The van der Waals surface area contributed by atoms with E-state index in [0.29, 0.717) is 32.0 Å². The molecular formula is C22H21Cl2NO4S. The first-order valence-electron chi connectivity index (χ1n) is 9.37. The van der Waals surface area contributed by atoms with E-state index in [1.54, 1.807) is 43.5 Å². The highest BCUT2D eigenvalue weighted by Gasteiger charge is 2.35. The van der Waals surface area contributed by atoms with Crippen molar-refractivity contribution < 1.29 is 19.1 Å². The van der Waals surface area contributed by atoms with Gasteiger partial charge in [-0.05, 0) is 61.0 Å². The van der Waals surface area contributed by atoms with Crippen molar-refractivity contribution in [1.82, 2.24) is 4.90 Å². The van der Waals surface area contributed by atoms with E-state index in [2.05, 4.69) is 0 Å². The van der Waals surface area contributed by atoms with Crippen molar-refractivity contribution >= 4 is 52.2 Å². The van der Waals surface area contributed by atoms with Gasteiger partial charge in [-0.25, -0.2) is 0 Å². The minimum Gasteiger partial charge on any atom is -0.493 e. The Morgan fingerprint density at radius 3 is 2.47 bits per heavy atom. The quantitative estimate of drug-likeness (QED) is 0.441. The van der Waals surface area contributed by atoms with Gasteiger partial charge in [0.2, 0.25) is 0 Å². The minimum atomic E-state index is -0.389. The van der Waals surface area contributed by atoms with E-state index in [1.165, 1.54) is 0 Å². The second-order valence-corrected chi connectivity index (χ2v) is 8.52. The number of carbonyl (C=O) groups excluding carboxylic acids is 2.